The molecular formula is C19H20FN3O2. The zero-order valence-electron chi connectivity index (χ0n) is 13.8. The highest BCUT2D eigenvalue weighted by Crippen LogP contribution is 2.19. The molecule has 1 aromatic carbocycles. The topological polar surface area (TPSA) is 62.3 Å². The fourth-order valence-electron chi connectivity index (χ4n) is 2.98. The van der Waals surface area contributed by atoms with Crippen molar-refractivity contribution in [1.29, 1.82) is 0 Å². The first-order chi connectivity index (χ1) is 12.1. The third-order valence-electron chi connectivity index (χ3n) is 4.45. The summed E-state index contributed by atoms with van der Waals surface area (Å²) in [6, 6.07) is 9.22. The van der Waals surface area contributed by atoms with Gasteiger partial charge in [-0.25, -0.2) is 4.39 Å². The summed E-state index contributed by atoms with van der Waals surface area (Å²) in [6.07, 6.45) is 4.79. The summed E-state index contributed by atoms with van der Waals surface area (Å²) in [4.78, 5) is 30.1. The Morgan fingerprint density at radius 2 is 1.92 bits per heavy atom. The maximum absolute atomic E-state index is 13.3. The molecule has 25 heavy (non-hydrogen) atoms. The Morgan fingerprint density at radius 3 is 2.60 bits per heavy atom. The second kappa shape index (κ2) is 7.88. The minimum atomic E-state index is -0.404. The van der Waals surface area contributed by atoms with Crippen molar-refractivity contribution in [1.82, 2.24) is 15.2 Å². The Morgan fingerprint density at radius 1 is 1.16 bits per heavy atom. The summed E-state index contributed by atoms with van der Waals surface area (Å²) in [7, 11) is 0. The molecule has 1 aromatic heterocycles. The van der Waals surface area contributed by atoms with Crippen molar-refractivity contribution < 1.29 is 14.0 Å². The highest BCUT2D eigenvalue weighted by molar-refractivity contribution is 5.94. The van der Waals surface area contributed by atoms with Crippen LogP contribution in [0.5, 0.6) is 0 Å². The third-order valence-corrected chi connectivity index (χ3v) is 4.45. The number of piperidine rings is 1. The molecule has 0 saturated carbocycles. The van der Waals surface area contributed by atoms with E-state index in [-0.39, 0.29) is 11.8 Å². The van der Waals surface area contributed by atoms with E-state index in [9.17, 15) is 14.0 Å². The number of halogens is 1. The van der Waals surface area contributed by atoms with Crippen LogP contribution in [-0.2, 0) is 0 Å². The van der Waals surface area contributed by atoms with E-state index in [2.05, 4.69) is 10.3 Å². The Kier molecular flexibility index (Phi) is 5.38. The fourth-order valence-corrected chi connectivity index (χ4v) is 2.98. The molecule has 1 fully saturated rings. The number of nitrogens with zero attached hydrogens (tertiary/aromatic N) is 2. The third kappa shape index (κ3) is 4.41. The van der Waals surface area contributed by atoms with E-state index < -0.39 is 5.82 Å². The van der Waals surface area contributed by atoms with Crippen LogP contribution in [0.15, 0.2) is 48.8 Å². The van der Waals surface area contributed by atoms with Crippen LogP contribution >= 0.6 is 0 Å². The van der Waals surface area contributed by atoms with E-state index in [1.54, 1.807) is 35.4 Å². The molecule has 2 aromatic rings. The van der Waals surface area contributed by atoms with Gasteiger partial charge in [-0.2, -0.15) is 0 Å². The molecule has 1 saturated heterocycles. The van der Waals surface area contributed by atoms with E-state index in [0.29, 0.717) is 36.7 Å². The van der Waals surface area contributed by atoms with Crippen LogP contribution in [0.3, 0.4) is 0 Å². The molecule has 0 atom stereocenters. The van der Waals surface area contributed by atoms with Crippen molar-refractivity contribution in [3.8, 4) is 0 Å². The number of likely N-dealkylation sites (tertiary alicyclic amines) is 1. The summed E-state index contributed by atoms with van der Waals surface area (Å²) in [6.45, 7) is 1.81. The predicted octanol–water partition coefficient (Wildman–Crippen LogP) is 2.50. The molecule has 5 nitrogen and oxygen atoms in total. The molecule has 2 amide bonds. The molecule has 0 unspecified atom stereocenters. The first-order valence-electron chi connectivity index (χ1n) is 8.36. The molecule has 6 heteroatoms. The zero-order valence-corrected chi connectivity index (χ0v) is 13.8. The molecule has 0 radical (unpaired) electrons. The largest absolute Gasteiger partial charge is 0.352 e. The van der Waals surface area contributed by atoms with Crippen molar-refractivity contribution >= 4 is 11.8 Å². The SMILES string of the molecule is O=C(NCC1CCN(C(=O)c2cccc(F)c2)CC1)c1cccnc1. The number of carbonyl (C=O) groups is 2. The number of nitrogens with one attached hydrogen (secondary N) is 1. The van der Waals surface area contributed by atoms with Gasteiger partial charge in [0.2, 0.25) is 0 Å². The van der Waals surface area contributed by atoms with Gasteiger partial charge in [-0.3, -0.25) is 14.6 Å². The van der Waals surface area contributed by atoms with Crippen LogP contribution in [0, 0.1) is 11.7 Å². The number of aromatic nitrogens is 1. The number of rotatable bonds is 4. The lowest BCUT2D eigenvalue weighted by molar-refractivity contribution is 0.0684. The standard InChI is InChI=1S/C19H20FN3O2/c20-17-5-1-3-15(11-17)19(25)23-9-6-14(7-10-23)12-22-18(24)16-4-2-8-21-13-16/h1-5,8,11,13-14H,6-7,9-10,12H2,(H,22,24). The van der Waals surface area contributed by atoms with E-state index >= 15 is 0 Å². The summed E-state index contributed by atoms with van der Waals surface area (Å²) < 4.78 is 13.3. The number of pyridine rings is 1. The maximum Gasteiger partial charge on any atom is 0.253 e. The molecule has 0 bridgehead atoms. The average Bonchev–Trinajstić information content (AvgIpc) is 2.66. The van der Waals surface area contributed by atoms with Gasteiger partial charge in [0.15, 0.2) is 0 Å². The number of benzene rings is 1. The fraction of sp³-hybridized carbons (Fsp3) is 0.316. The molecular weight excluding hydrogens is 321 g/mol. The van der Waals surface area contributed by atoms with Crippen LogP contribution in [0.4, 0.5) is 4.39 Å². The van der Waals surface area contributed by atoms with E-state index in [1.165, 1.54) is 18.3 Å². The van der Waals surface area contributed by atoms with Gasteiger partial charge < -0.3 is 10.2 Å². The minimum absolute atomic E-state index is 0.133. The Balaban J connectivity index is 1.47. The smallest absolute Gasteiger partial charge is 0.253 e. The molecule has 1 aliphatic rings. The summed E-state index contributed by atoms with van der Waals surface area (Å²) in [5.74, 6) is -0.347. The van der Waals surface area contributed by atoms with Gasteiger partial charge in [0.25, 0.3) is 11.8 Å². The van der Waals surface area contributed by atoms with E-state index in [0.717, 1.165) is 12.8 Å². The lowest BCUT2D eigenvalue weighted by atomic mass is 9.96. The van der Waals surface area contributed by atoms with Gasteiger partial charge in [-0.05, 0) is 49.1 Å². The highest BCUT2D eigenvalue weighted by atomic mass is 19.1. The summed E-state index contributed by atoms with van der Waals surface area (Å²) in [5, 5.41) is 2.92. The molecule has 1 N–H and O–H groups in total. The summed E-state index contributed by atoms with van der Waals surface area (Å²) in [5.41, 5.74) is 0.921. The predicted molar refractivity (Wildman–Crippen MR) is 91.6 cm³/mol. The average molecular weight is 341 g/mol. The monoisotopic (exact) mass is 341 g/mol. The Labute approximate surface area is 145 Å². The minimum Gasteiger partial charge on any atom is -0.352 e. The number of hydrogen-bond acceptors (Lipinski definition) is 3. The summed E-state index contributed by atoms with van der Waals surface area (Å²) >= 11 is 0. The first kappa shape index (κ1) is 17.1. The number of amides is 2. The van der Waals surface area contributed by atoms with Crippen molar-refractivity contribution in [2.45, 2.75) is 12.8 Å². The lowest BCUT2D eigenvalue weighted by Crippen LogP contribution is -2.41. The zero-order chi connectivity index (χ0) is 17.6. The molecule has 130 valence electrons. The van der Waals surface area contributed by atoms with Gasteiger partial charge in [0.1, 0.15) is 5.82 Å². The van der Waals surface area contributed by atoms with Gasteiger partial charge in [0, 0.05) is 37.6 Å². The second-order valence-electron chi connectivity index (χ2n) is 6.20. The van der Waals surface area contributed by atoms with Crippen molar-refractivity contribution in [3.63, 3.8) is 0 Å². The Hall–Kier alpha value is -2.76. The molecule has 3 rings (SSSR count). The van der Waals surface area contributed by atoms with Crippen LogP contribution < -0.4 is 5.32 Å². The van der Waals surface area contributed by atoms with Crippen LogP contribution in [-0.4, -0.2) is 41.3 Å². The Bertz CT molecular complexity index is 743. The van der Waals surface area contributed by atoms with Crippen molar-refractivity contribution in [2.24, 2.45) is 5.92 Å². The maximum atomic E-state index is 13.3. The van der Waals surface area contributed by atoms with Gasteiger partial charge >= 0.3 is 0 Å². The molecule has 1 aliphatic heterocycles. The van der Waals surface area contributed by atoms with E-state index in [4.69, 9.17) is 0 Å². The normalized spacial score (nSPS) is 15.0. The number of carbonyl (C=O) groups excluding carboxylic acids is 2. The number of hydrogen-bond donors (Lipinski definition) is 1. The van der Waals surface area contributed by atoms with E-state index in [1.807, 2.05) is 0 Å². The van der Waals surface area contributed by atoms with Gasteiger partial charge in [0.05, 0.1) is 5.56 Å². The van der Waals surface area contributed by atoms with Gasteiger partial charge in [-0.1, -0.05) is 6.07 Å². The highest BCUT2D eigenvalue weighted by Gasteiger charge is 2.24. The van der Waals surface area contributed by atoms with Gasteiger partial charge in [-0.15, -0.1) is 0 Å². The molecule has 0 aliphatic carbocycles. The van der Waals surface area contributed by atoms with Crippen LogP contribution in [0.2, 0.25) is 0 Å². The van der Waals surface area contributed by atoms with Crippen LogP contribution in [0.25, 0.3) is 0 Å². The quantitative estimate of drug-likeness (QED) is 0.929. The van der Waals surface area contributed by atoms with Crippen LogP contribution in [0.1, 0.15) is 33.6 Å². The second-order valence-corrected chi connectivity index (χ2v) is 6.20. The molecule has 0 spiro atoms. The molecule has 2 heterocycles. The first-order valence-corrected chi connectivity index (χ1v) is 8.36. The lowest BCUT2D eigenvalue weighted by Gasteiger charge is -2.32. The van der Waals surface area contributed by atoms with Crippen molar-refractivity contribution in [3.05, 3.63) is 65.7 Å². The van der Waals surface area contributed by atoms with Crippen molar-refractivity contribution in [2.75, 3.05) is 19.6 Å².